The summed E-state index contributed by atoms with van der Waals surface area (Å²) < 4.78 is 26.1. The number of hydrogen-bond acceptors (Lipinski definition) is 4. The highest BCUT2D eigenvalue weighted by Gasteiger charge is 2.30. The molecule has 158 valence electrons. The summed E-state index contributed by atoms with van der Waals surface area (Å²) in [6, 6.07) is 12.4. The lowest BCUT2D eigenvalue weighted by Gasteiger charge is -2.29. The molecule has 2 aromatic carbocycles. The van der Waals surface area contributed by atoms with Crippen molar-refractivity contribution in [1.82, 2.24) is 5.32 Å². The van der Waals surface area contributed by atoms with Crippen LogP contribution in [-0.2, 0) is 20.6 Å². The second-order valence-corrected chi connectivity index (χ2v) is 10.4. The lowest BCUT2D eigenvalue weighted by molar-refractivity contribution is -0.121. The van der Waals surface area contributed by atoms with E-state index in [1.54, 1.807) is 24.8 Å². The Morgan fingerprint density at radius 2 is 1.93 bits per heavy atom. The van der Waals surface area contributed by atoms with Crippen LogP contribution in [0.5, 0.6) is 0 Å². The minimum Gasteiger partial charge on any atom is -0.353 e. The van der Waals surface area contributed by atoms with Crippen molar-refractivity contribution >= 4 is 45.0 Å². The summed E-state index contributed by atoms with van der Waals surface area (Å²) in [7, 11) is -3.62. The highest BCUT2D eigenvalue weighted by Crippen LogP contribution is 2.26. The minimum absolute atomic E-state index is 0.320. The molecule has 0 unspecified atom stereocenters. The number of thioether (sulfide) groups is 1. The van der Waals surface area contributed by atoms with Crippen molar-refractivity contribution in [3.05, 3.63) is 64.2 Å². The molecule has 1 atom stereocenters. The van der Waals surface area contributed by atoms with Gasteiger partial charge in [0.05, 0.1) is 11.9 Å². The first-order chi connectivity index (χ1) is 13.6. The van der Waals surface area contributed by atoms with Gasteiger partial charge in [-0.25, -0.2) is 8.42 Å². The van der Waals surface area contributed by atoms with Crippen molar-refractivity contribution < 1.29 is 13.2 Å². The smallest absolute Gasteiger partial charge is 0.243 e. The van der Waals surface area contributed by atoms with Gasteiger partial charge in [0, 0.05) is 23.1 Å². The highest BCUT2D eigenvalue weighted by molar-refractivity contribution is 7.98. The van der Waals surface area contributed by atoms with Gasteiger partial charge >= 0.3 is 0 Å². The number of sulfonamides is 1. The van der Waals surface area contributed by atoms with Crippen molar-refractivity contribution in [1.29, 1.82) is 0 Å². The van der Waals surface area contributed by atoms with E-state index < -0.39 is 16.1 Å². The molecular formula is C21H27ClN2O3S2. The molecule has 5 nitrogen and oxygen atoms in total. The molecule has 29 heavy (non-hydrogen) atoms. The van der Waals surface area contributed by atoms with Crippen LogP contribution in [0.4, 0.5) is 5.69 Å². The van der Waals surface area contributed by atoms with Crippen molar-refractivity contribution in [2.24, 2.45) is 0 Å². The van der Waals surface area contributed by atoms with Crippen LogP contribution in [0.3, 0.4) is 0 Å². The van der Waals surface area contributed by atoms with E-state index >= 15 is 0 Å². The Morgan fingerprint density at radius 1 is 1.21 bits per heavy atom. The minimum atomic E-state index is -3.62. The lowest BCUT2D eigenvalue weighted by atomic mass is 10.1. The number of halogens is 1. The van der Waals surface area contributed by atoms with Gasteiger partial charge in [-0.05, 0) is 55.7 Å². The Labute approximate surface area is 182 Å². The maximum atomic E-state index is 12.6. The third-order valence-corrected chi connectivity index (χ3v) is 6.89. The van der Waals surface area contributed by atoms with E-state index in [1.807, 2.05) is 50.2 Å². The molecule has 0 aromatic heterocycles. The summed E-state index contributed by atoms with van der Waals surface area (Å²) in [5.74, 6) is 1.19. The molecule has 0 fully saturated rings. The number of amides is 1. The Hall–Kier alpha value is -1.70. The number of hydrogen-bond donors (Lipinski definition) is 1. The van der Waals surface area contributed by atoms with Gasteiger partial charge in [-0.15, -0.1) is 0 Å². The Bertz CT molecular complexity index is 964. The first kappa shape index (κ1) is 23.6. The van der Waals surface area contributed by atoms with E-state index in [9.17, 15) is 13.2 Å². The van der Waals surface area contributed by atoms with E-state index in [-0.39, 0.29) is 5.91 Å². The second kappa shape index (κ2) is 10.4. The molecule has 0 radical (unpaired) electrons. The number of carbonyl (C=O) groups is 1. The van der Waals surface area contributed by atoms with Crippen molar-refractivity contribution in [3.63, 3.8) is 0 Å². The predicted octanol–water partition coefficient (Wildman–Crippen LogP) is 4.16. The van der Waals surface area contributed by atoms with Crippen molar-refractivity contribution in [2.45, 2.75) is 32.6 Å². The normalized spacial score (nSPS) is 12.4. The summed E-state index contributed by atoms with van der Waals surface area (Å²) in [6.07, 6.45) is 1.12. The number of carbonyl (C=O) groups excluding carboxylic acids is 1. The molecule has 0 saturated carbocycles. The summed E-state index contributed by atoms with van der Waals surface area (Å²) in [6.45, 7) is 5.80. The van der Waals surface area contributed by atoms with Crippen LogP contribution in [0, 0.1) is 13.8 Å². The molecular weight excluding hydrogens is 428 g/mol. The maximum Gasteiger partial charge on any atom is 0.243 e. The quantitative estimate of drug-likeness (QED) is 0.577. The van der Waals surface area contributed by atoms with E-state index in [4.69, 9.17) is 11.6 Å². The zero-order valence-corrected chi connectivity index (χ0v) is 19.5. The molecule has 0 heterocycles. The SMILES string of the molecule is Cc1ccc(C)c(N([C@@H](C)C(=O)NCCSCc2cccc(Cl)c2)S(C)(=O)=O)c1. The van der Waals surface area contributed by atoms with Gasteiger partial charge in [-0.3, -0.25) is 9.10 Å². The molecule has 0 aliphatic heterocycles. The molecule has 0 aliphatic carbocycles. The summed E-state index contributed by atoms with van der Waals surface area (Å²) >= 11 is 7.66. The van der Waals surface area contributed by atoms with Crippen LogP contribution in [0.15, 0.2) is 42.5 Å². The van der Waals surface area contributed by atoms with Gasteiger partial charge in [0.2, 0.25) is 15.9 Å². The van der Waals surface area contributed by atoms with Gasteiger partial charge < -0.3 is 5.32 Å². The van der Waals surface area contributed by atoms with Gasteiger partial charge in [0.25, 0.3) is 0 Å². The number of anilines is 1. The molecule has 0 aliphatic rings. The average Bonchev–Trinajstić information content (AvgIpc) is 2.63. The fourth-order valence-electron chi connectivity index (χ4n) is 2.95. The third-order valence-electron chi connectivity index (χ3n) is 4.39. The topological polar surface area (TPSA) is 66.5 Å². The predicted molar refractivity (Wildman–Crippen MR) is 123 cm³/mol. The summed E-state index contributed by atoms with van der Waals surface area (Å²) in [5.41, 5.74) is 3.40. The van der Waals surface area contributed by atoms with Crippen LogP contribution < -0.4 is 9.62 Å². The number of nitrogens with zero attached hydrogens (tertiary/aromatic N) is 1. The number of benzene rings is 2. The van der Waals surface area contributed by atoms with Crippen LogP contribution in [0.1, 0.15) is 23.6 Å². The Balaban J connectivity index is 1.96. The molecule has 0 saturated heterocycles. The first-order valence-corrected chi connectivity index (χ1v) is 12.6. The molecule has 8 heteroatoms. The van der Waals surface area contributed by atoms with Gasteiger partial charge in [-0.2, -0.15) is 11.8 Å². The fraction of sp³-hybridized carbons (Fsp3) is 0.381. The van der Waals surface area contributed by atoms with Crippen LogP contribution >= 0.6 is 23.4 Å². The van der Waals surface area contributed by atoms with Gasteiger partial charge in [-0.1, -0.05) is 35.9 Å². The maximum absolute atomic E-state index is 12.6. The second-order valence-electron chi connectivity index (χ2n) is 7.00. The van der Waals surface area contributed by atoms with Crippen LogP contribution in [0.2, 0.25) is 5.02 Å². The van der Waals surface area contributed by atoms with Gasteiger partial charge in [0.15, 0.2) is 0 Å². The zero-order valence-electron chi connectivity index (χ0n) is 17.1. The largest absolute Gasteiger partial charge is 0.353 e. The standard InChI is InChI=1S/C21H27ClN2O3S2/c1-15-8-9-16(2)20(12-15)24(29(4,26)27)17(3)21(25)23-10-11-28-14-18-6-5-7-19(22)13-18/h5-9,12-13,17H,10-11,14H2,1-4H3,(H,23,25)/t17-/m0/s1. The number of nitrogens with one attached hydrogen (secondary N) is 1. The van der Waals surface area contributed by atoms with E-state index in [0.29, 0.717) is 23.0 Å². The summed E-state index contributed by atoms with van der Waals surface area (Å²) in [5, 5.41) is 3.55. The van der Waals surface area contributed by atoms with Crippen molar-refractivity contribution in [2.75, 3.05) is 22.9 Å². The first-order valence-electron chi connectivity index (χ1n) is 9.26. The third kappa shape index (κ3) is 6.94. The Morgan fingerprint density at radius 3 is 2.59 bits per heavy atom. The molecule has 1 amide bonds. The average molecular weight is 455 g/mol. The molecule has 0 spiro atoms. The zero-order chi connectivity index (χ0) is 21.6. The number of aryl methyl sites for hydroxylation is 2. The summed E-state index contributed by atoms with van der Waals surface area (Å²) in [4.78, 5) is 12.6. The molecule has 0 bridgehead atoms. The lowest BCUT2D eigenvalue weighted by Crippen LogP contribution is -2.48. The van der Waals surface area contributed by atoms with Gasteiger partial charge in [0.1, 0.15) is 6.04 Å². The van der Waals surface area contributed by atoms with Crippen LogP contribution in [0.25, 0.3) is 0 Å². The van der Waals surface area contributed by atoms with E-state index in [0.717, 1.165) is 28.7 Å². The monoisotopic (exact) mass is 454 g/mol. The molecule has 2 aromatic rings. The fourth-order valence-corrected chi connectivity index (χ4v) is 5.19. The molecule has 1 N–H and O–H groups in total. The Kier molecular flexibility index (Phi) is 8.43. The van der Waals surface area contributed by atoms with Crippen molar-refractivity contribution in [3.8, 4) is 0 Å². The number of rotatable bonds is 9. The highest BCUT2D eigenvalue weighted by atomic mass is 35.5. The van der Waals surface area contributed by atoms with Crippen LogP contribution in [-0.4, -0.2) is 38.9 Å². The van der Waals surface area contributed by atoms with E-state index in [1.165, 1.54) is 4.31 Å². The molecule has 2 rings (SSSR count). The van der Waals surface area contributed by atoms with E-state index in [2.05, 4.69) is 5.32 Å².